The van der Waals surface area contributed by atoms with Crippen molar-refractivity contribution < 1.29 is 14.3 Å². The molecule has 3 aromatic carbocycles. The Bertz CT molecular complexity index is 1280. The van der Waals surface area contributed by atoms with Crippen LogP contribution in [0.5, 0.6) is 11.5 Å². The van der Waals surface area contributed by atoms with Gasteiger partial charge in [-0.05, 0) is 66.9 Å². The molecule has 0 fully saturated rings. The molecule has 0 atom stereocenters. The van der Waals surface area contributed by atoms with Gasteiger partial charge in [-0.3, -0.25) is 4.79 Å². The van der Waals surface area contributed by atoms with Crippen molar-refractivity contribution >= 4 is 40.9 Å². The number of anilines is 1. The third-order valence-corrected chi connectivity index (χ3v) is 5.49. The summed E-state index contributed by atoms with van der Waals surface area (Å²) in [4.78, 5) is 12.7. The molecule has 0 radical (unpaired) electrons. The molecule has 1 N–H and O–H groups in total. The van der Waals surface area contributed by atoms with Crippen LogP contribution in [0, 0.1) is 11.3 Å². The second kappa shape index (κ2) is 12.7. The molecule has 0 heterocycles. The van der Waals surface area contributed by atoms with Gasteiger partial charge in [0.1, 0.15) is 18.2 Å². The van der Waals surface area contributed by atoms with E-state index in [1.165, 1.54) is 6.08 Å². The summed E-state index contributed by atoms with van der Waals surface area (Å²) in [5.41, 5.74) is 2.73. The fourth-order valence-corrected chi connectivity index (χ4v) is 3.61. The lowest BCUT2D eigenvalue weighted by molar-refractivity contribution is -0.112. The lowest BCUT2D eigenvalue weighted by atomic mass is 10.0. The highest BCUT2D eigenvalue weighted by Gasteiger charge is 2.16. The number of allylic oxidation sites excluding steroid dienone is 1. The molecule has 1 amide bonds. The first kappa shape index (κ1) is 25.9. The lowest BCUT2D eigenvalue weighted by Crippen LogP contribution is -2.13. The standard InChI is InChI=1S/C28H24Cl2N2O3/c1-3-7-21-14-20(15-22(17-31)28(33)32-25-9-6-5-8-24(25)30)16-26(34-4-2)27(21)35-18-19-10-12-23(29)13-11-19/h3,5-6,8-16H,1,4,7,18H2,2H3,(H,32,33)/b22-15+. The Balaban J connectivity index is 1.93. The van der Waals surface area contributed by atoms with Crippen LogP contribution in [-0.2, 0) is 17.8 Å². The fourth-order valence-electron chi connectivity index (χ4n) is 3.30. The van der Waals surface area contributed by atoms with Gasteiger partial charge in [0.2, 0.25) is 0 Å². The fraction of sp³-hybridized carbons (Fsp3) is 0.143. The van der Waals surface area contributed by atoms with Crippen LogP contribution in [0.15, 0.2) is 78.9 Å². The van der Waals surface area contributed by atoms with Crippen molar-refractivity contribution in [2.75, 3.05) is 11.9 Å². The largest absolute Gasteiger partial charge is 0.490 e. The third-order valence-electron chi connectivity index (χ3n) is 4.91. The number of para-hydroxylation sites is 1. The molecular formula is C28H24Cl2N2O3. The Labute approximate surface area is 215 Å². The monoisotopic (exact) mass is 506 g/mol. The first-order chi connectivity index (χ1) is 16.9. The van der Waals surface area contributed by atoms with Gasteiger partial charge in [0, 0.05) is 10.6 Å². The van der Waals surface area contributed by atoms with E-state index in [1.54, 1.807) is 48.5 Å². The smallest absolute Gasteiger partial charge is 0.266 e. The zero-order chi connectivity index (χ0) is 25.2. The number of nitrogens with one attached hydrogen (secondary N) is 1. The molecule has 0 bridgehead atoms. The molecule has 178 valence electrons. The van der Waals surface area contributed by atoms with Crippen LogP contribution >= 0.6 is 23.2 Å². The number of carbonyl (C=O) groups is 1. The topological polar surface area (TPSA) is 71.4 Å². The van der Waals surface area contributed by atoms with Crippen molar-refractivity contribution in [2.24, 2.45) is 0 Å². The van der Waals surface area contributed by atoms with E-state index in [2.05, 4.69) is 11.9 Å². The van der Waals surface area contributed by atoms with Crippen molar-refractivity contribution in [2.45, 2.75) is 20.0 Å². The van der Waals surface area contributed by atoms with E-state index in [4.69, 9.17) is 32.7 Å². The molecule has 0 saturated heterocycles. The molecule has 0 spiro atoms. The van der Waals surface area contributed by atoms with Crippen LogP contribution in [0.3, 0.4) is 0 Å². The van der Waals surface area contributed by atoms with Gasteiger partial charge in [0.05, 0.1) is 17.3 Å². The number of rotatable bonds is 10. The zero-order valence-corrected chi connectivity index (χ0v) is 20.7. The summed E-state index contributed by atoms with van der Waals surface area (Å²) in [6.07, 6.45) is 3.76. The van der Waals surface area contributed by atoms with Crippen molar-refractivity contribution in [3.05, 3.63) is 106 Å². The molecule has 5 nitrogen and oxygen atoms in total. The van der Waals surface area contributed by atoms with Crippen molar-refractivity contribution in [3.63, 3.8) is 0 Å². The van der Waals surface area contributed by atoms with Crippen LogP contribution in [0.4, 0.5) is 5.69 Å². The number of ether oxygens (including phenoxy) is 2. The Kier molecular flexibility index (Phi) is 9.37. The van der Waals surface area contributed by atoms with Gasteiger partial charge < -0.3 is 14.8 Å². The van der Waals surface area contributed by atoms with Gasteiger partial charge in [-0.15, -0.1) is 6.58 Å². The summed E-state index contributed by atoms with van der Waals surface area (Å²) >= 11 is 12.1. The molecule has 0 aliphatic carbocycles. The number of halogens is 2. The van der Waals surface area contributed by atoms with E-state index >= 15 is 0 Å². The second-order valence-corrected chi connectivity index (χ2v) is 8.30. The Hall–Kier alpha value is -3.72. The Morgan fingerprint density at radius 2 is 1.86 bits per heavy atom. The maximum atomic E-state index is 12.7. The highest BCUT2D eigenvalue weighted by atomic mass is 35.5. The van der Waals surface area contributed by atoms with Gasteiger partial charge in [-0.2, -0.15) is 5.26 Å². The minimum atomic E-state index is -0.563. The average molecular weight is 507 g/mol. The maximum Gasteiger partial charge on any atom is 0.266 e. The zero-order valence-electron chi connectivity index (χ0n) is 19.2. The van der Waals surface area contributed by atoms with Gasteiger partial charge in [-0.1, -0.05) is 53.5 Å². The number of benzene rings is 3. The lowest BCUT2D eigenvalue weighted by Gasteiger charge is -2.17. The molecule has 3 rings (SSSR count). The van der Waals surface area contributed by atoms with Gasteiger partial charge in [-0.25, -0.2) is 0 Å². The molecule has 0 unspecified atom stereocenters. The Morgan fingerprint density at radius 1 is 1.11 bits per heavy atom. The molecule has 0 saturated carbocycles. The summed E-state index contributed by atoms with van der Waals surface area (Å²) < 4.78 is 12.0. The van der Waals surface area contributed by atoms with Crippen LogP contribution in [0.2, 0.25) is 10.0 Å². The number of nitrogens with zero attached hydrogens (tertiary/aromatic N) is 1. The van der Waals surface area contributed by atoms with E-state index in [0.717, 1.165) is 11.1 Å². The molecule has 3 aromatic rings. The first-order valence-electron chi connectivity index (χ1n) is 10.9. The second-order valence-electron chi connectivity index (χ2n) is 7.45. The van der Waals surface area contributed by atoms with Crippen LogP contribution < -0.4 is 14.8 Å². The van der Waals surface area contributed by atoms with Gasteiger partial charge >= 0.3 is 0 Å². The molecule has 7 heteroatoms. The minimum absolute atomic E-state index is 0.0771. The summed E-state index contributed by atoms with van der Waals surface area (Å²) in [5.74, 6) is 0.528. The SMILES string of the molecule is C=CCc1cc(/C=C(\C#N)C(=O)Nc2ccccc2Cl)cc(OCC)c1OCc1ccc(Cl)cc1. The van der Waals surface area contributed by atoms with Gasteiger partial charge in [0.25, 0.3) is 5.91 Å². The molecular weight excluding hydrogens is 483 g/mol. The van der Waals surface area contributed by atoms with Gasteiger partial charge in [0.15, 0.2) is 11.5 Å². The van der Waals surface area contributed by atoms with E-state index in [1.807, 2.05) is 31.2 Å². The van der Waals surface area contributed by atoms with Crippen LogP contribution in [0.1, 0.15) is 23.6 Å². The maximum absolute atomic E-state index is 12.7. The molecule has 0 aliphatic rings. The van der Waals surface area contributed by atoms with E-state index in [9.17, 15) is 10.1 Å². The van der Waals surface area contributed by atoms with E-state index < -0.39 is 5.91 Å². The molecule has 35 heavy (non-hydrogen) atoms. The quantitative estimate of drug-likeness (QED) is 0.178. The highest BCUT2D eigenvalue weighted by Crippen LogP contribution is 2.35. The number of hydrogen-bond donors (Lipinski definition) is 1. The Morgan fingerprint density at radius 3 is 2.51 bits per heavy atom. The highest BCUT2D eigenvalue weighted by molar-refractivity contribution is 6.34. The minimum Gasteiger partial charge on any atom is -0.490 e. The molecule has 0 aromatic heterocycles. The number of hydrogen-bond acceptors (Lipinski definition) is 4. The summed E-state index contributed by atoms with van der Waals surface area (Å²) in [6, 6.07) is 19.8. The predicted octanol–water partition coefficient (Wildman–Crippen LogP) is 7.25. The van der Waals surface area contributed by atoms with E-state index in [0.29, 0.717) is 52.4 Å². The van der Waals surface area contributed by atoms with Crippen molar-refractivity contribution in [1.29, 1.82) is 5.26 Å². The first-order valence-corrected chi connectivity index (χ1v) is 11.7. The van der Waals surface area contributed by atoms with Crippen LogP contribution in [0.25, 0.3) is 6.08 Å². The van der Waals surface area contributed by atoms with Crippen LogP contribution in [-0.4, -0.2) is 12.5 Å². The predicted molar refractivity (Wildman–Crippen MR) is 141 cm³/mol. The van der Waals surface area contributed by atoms with E-state index in [-0.39, 0.29) is 5.57 Å². The summed E-state index contributed by atoms with van der Waals surface area (Å²) in [7, 11) is 0. The normalized spacial score (nSPS) is 10.9. The molecule has 0 aliphatic heterocycles. The number of amides is 1. The average Bonchev–Trinajstić information content (AvgIpc) is 2.85. The van der Waals surface area contributed by atoms with Crippen molar-refractivity contribution in [3.8, 4) is 17.6 Å². The number of carbonyl (C=O) groups excluding carboxylic acids is 1. The van der Waals surface area contributed by atoms with Crippen molar-refractivity contribution in [1.82, 2.24) is 0 Å². The number of nitriles is 1. The summed E-state index contributed by atoms with van der Waals surface area (Å²) in [5, 5.41) is 13.3. The third kappa shape index (κ3) is 7.13. The summed E-state index contributed by atoms with van der Waals surface area (Å²) in [6.45, 7) is 6.44.